The Kier molecular flexibility index (Phi) is 6.21. The van der Waals surface area contributed by atoms with Crippen LogP contribution >= 0.6 is 0 Å². The van der Waals surface area contributed by atoms with E-state index in [1.807, 2.05) is 0 Å². The highest BCUT2D eigenvalue weighted by Gasteiger charge is 2.15. The van der Waals surface area contributed by atoms with E-state index in [0.717, 1.165) is 0 Å². The van der Waals surface area contributed by atoms with Gasteiger partial charge in [-0.15, -0.1) is 0 Å². The van der Waals surface area contributed by atoms with Crippen molar-refractivity contribution in [1.82, 2.24) is 4.98 Å². The molecule has 0 aliphatic heterocycles. The number of nitrogens with one attached hydrogen (secondary N) is 1. The molecule has 102 valence electrons. The molecule has 0 fully saturated rings. The van der Waals surface area contributed by atoms with Crippen LogP contribution < -0.4 is 5.32 Å². The first-order valence-corrected chi connectivity index (χ1v) is 5.55. The van der Waals surface area contributed by atoms with Crippen LogP contribution in [0.25, 0.3) is 0 Å². The average Bonchev–Trinajstić information content (AvgIpc) is 2.42. The molecule has 1 rings (SSSR count). The molecule has 1 N–H and O–H groups in total. The first kappa shape index (κ1) is 14.8. The largest absolute Gasteiger partial charge is 0.382 e. The molecular weight excluding hydrogens is 252 g/mol. The summed E-state index contributed by atoms with van der Waals surface area (Å²) in [7, 11) is 1.59. The van der Waals surface area contributed by atoms with Gasteiger partial charge in [-0.05, 0) is 6.07 Å². The van der Waals surface area contributed by atoms with Crippen molar-refractivity contribution >= 4 is 11.5 Å². The maximum atomic E-state index is 10.6. The molecule has 0 aromatic carbocycles. The molecule has 1 heterocycles. The SMILES string of the molecule is COCCOCCNc1ccc([N+](=O)[O-])c(C#N)n1. The minimum Gasteiger partial charge on any atom is -0.382 e. The Morgan fingerprint density at radius 1 is 1.47 bits per heavy atom. The molecule has 8 nitrogen and oxygen atoms in total. The molecule has 1 aromatic rings. The highest BCUT2D eigenvalue weighted by Crippen LogP contribution is 2.17. The molecule has 0 saturated carbocycles. The van der Waals surface area contributed by atoms with Gasteiger partial charge in [0.25, 0.3) is 0 Å². The Morgan fingerprint density at radius 3 is 2.89 bits per heavy atom. The van der Waals surface area contributed by atoms with Crippen molar-refractivity contribution in [2.75, 3.05) is 38.8 Å². The number of nitro groups is 1. The second-order valence-electron chi connectivity index (χ2n) is 3.47. The van der Waals surface area contributed by atoms with E-state index in [1.54, 1.807) is 13.2 Å². The number of ether oxygens (including phenoxy) is 2. The smallest absolute Gasteiger partial charge is 0.305 e. The van der Waals surface area contributed by atoms with Crippen molar-refractivity contribution in [3.05, 3.63) is 27.9 Å². The highest BCUT2D eigenvalue weighted by molar-refractivity contribution is 5.50. The zero-order chi connectivity index (χ0) is 14.1. The molecule has 8 heteroatoms. The summed E-state index contributed by atoms with van der Waals surface area (Å²) in [5.74, 6) is 0.400. The van der Waals surface area contributed by atoms with Gasteiger partial charge in [0.2, 0.25) is 5.69 Å². The van der Waals surface area contributed by atoms with Gasteiger partial charge < -0.3 is 14.8 Å². The summed E-state index contributed by atoms with van der Waals surface area (Å²) in [6.07, 6.45) is 0. The lowest BCUT2D eigenvalue weighted by Gasteiger charge is -2.06. The lowest BCUT2D eigenvalue weighted by atomic mass is 10.3. The Hall–Kier alpha value is -2.24. The van der Waals surface area contributed by atoms with Crippen molar-refractivity contribution < 1.29 is 14.4 Å². The second kappa shape index (κ2) is 7.97. The predicted molar refractivity (Wildman–Crippen MR) is 66.8 cm³/mol. The van der Waals surface area contributed by atoms with Gasteiger partial charge >= 0.3 is 5.69 Å². The molecular formula is C11H14N4O4. The van der Waals surface area contributed by atoms with Crippen molar-refractivity contribution in [3.8, 4) is 6.07 Å². The second-order valence-corrected chi connectivity index (χ2v) is 3.47. The Morgan fingerprint density at radius 2 is 2.26 bits per heavy atom. The molecule has 19 heavy (non-hydrogen) atoms. The summed E-state index contributed by atoms with van der Waals surface area (Å²) in [6, 6.07) is 4.40. The van der Waals surface area contributed by atoms with Gasteiger partial charge in [0, 0.05) is 19.7 Å². The zero-order valence-corrected chi connectivity index (χ0v) is 10.5. The predicted octanol–water partition coefficient (Wildman–Crippen LogP) is 0.936. The highest BCUT2D eigenvalue weighted by atomic mass is 16.6. The number of methoxy groups -OCH3 is 1. The molecule has 0 spiro atoms. The Labute approximate surface area is 110 Å². The fraction of sp³-hybridized carbons (Fsp3) is 0.455. The number of pyridine rings is 1. The van der Waals surface area contributed by atoms with Gasteiger partial charge in [-0.2, -0.15) is 5.26 Å². The van der Waals surface area contributed by atoms with Crippen LogP contribution in [-0.4, -0.2) is 43.4 Å². The maximum Gasteiger partial charge on any atom is 0.305 e. The van der Waals surface area contributed by atoms with Crippen LogP contribution in [0.1, 0.15) is 5.69 Å². The Bertz CT molecular complexity index is 472. The maximum absolute atomic E-state index is 10.6. The number of anilines is 1. The topological polar surface area (TPSA) is 110 Å². The number of rotatable bonds is 8. The number of hydrogen-bond acceptors (Lipinski definition) is 7. The first-order chi connectivity index (χ1) is 9.19. The summed E-state index contributed by atoms with van der Waals surface area (Å²) in [4.78, 5) is 13.8. The van der Waals surface area contributed by atoms with E-state index in [4.69, 9.17) is 14.7 Å². The lowest BCUT2D eigenvalue weighted by molar-refractivity contribution is -0.385. The van der Waals surface area contributed by atoms with Crippen LogP contribution in [0.3, 0.4) is 0 Å². The van der Waals surface area contributed by atoms with E-state index >= 15 is 0 Å². The third-order valence-corrected chi connectivity index (χ3v) is 2.16. The van der Waals surface area contributed by atoms with Crippen LogP contribution in [0.2, 0.25) is 0 Å². The molecule has 0 aliphatic carbocycles. The summed E-state index contributed by atoms with van der Waals surface area (Å²) >= 11 is 0. The Balaban J connectivity index is 2.47. The summed E-state index contributed by atoms with van der Waals surface area (Å²) < 4.78 is 10.0. The van der Waals surface area contributed by atoms with Crippen LogP contribution in [0.15, 0.2) is 12.1 Å². The monoisotopic (exact) mass is 266 g/mol. The van der Waals surface area contributed by atoms with Crippen molar-refractivity contribution in [3.63, 3.8) is 0 Å². The molecule has 0 aliphatic rings. The van der Waals surface area contributed by atoms with Crippen LogP contribution in [-0.2, 0) is 9.47 Å². The molecule has 0 bridgehead atoms. The number of nitrogens with zero attached hydrogens (tertiary/aromatic N) is 3. The van der Waals surface area contributed by atoms with Gasteiger partial charge in [0.05, 0.1) is 24.7 Å². The third-order valence-electron chi connectivity index (χ3n) is 2.16. The number of nitriles is 1. The molecule has 0 radical (unpaired) electrons. The minimum absolute atomic E-state index is 0.213. The molecule has 0 unspecified atom stereocenters. The molecule has 1 aromatic heterocycles. The van der Waals surface area contributed by atoms with Crippen LogP contribution in [0.4, 0.5) is 11.5 Å². The molecule has 0 saturated heterocycles. The van der Waals surface area contributed by atoms with Gasteiger partial charge in [-0.25, -0.2) is 4.98 Å². The molecule has 0 amide bonds. The van der Waals surface area contributed by atoms with E-state index in [9.17, 15) is 10.1 Å². The van der Waals surface area contributed by atoms with E-state index < -0.39 is 4.92 Å². The fourth-order valence-corrected chi connectivity index (χ4v) is 1.28. The minimum atomic E-state index is -0.636. The summed E-state index contributed by atoms with van der Waals surface area (Å²) in [5.41, 5.74) is -0.514. The fourth-order valence-electron chi connectivity index (χ4n) is 1.28. The normalized spacial score (nSPS) is 9.89. The van der Waals surface area contributed by atoms with Gasteiger partial charge in [0.1, 0.15) is 11.9 Å². The van der Waals surface area contributed by atoms with Gasteiger partial charge in [0.15, 0.2) is 0 Å². The first-order valence-electron chi connectivity index (χ1n) is 5.55. The molecule has 0 atom stereocenters. The van der Waals surface area contributed by atoms with Gasteiger partial charge in [-0.1, -0.05) is 0 Å². The van der Waals surface area contributed by atoms with E-state index in [-0.39, 0.29) is 11.4 Å². The average molecular weight is 266 g/mol. The van der Waals surface area contributed by atoms with Gasteiger partial charge in [-0.3, -0.25) is 10.1 Å². The summed E-state index contributed by atoms with van der Waals surface area (Å²) in [5, 5.41) is 22.3. The van der Waals surface area contributed by atoms with Crippen LogP contribution in [0.5, 0.6) is 0 Å². The van der Waals surface area contributed by atoms with Crippen molar-refractivity contribution in [2.24, 2.45) is 0 Å². The number of hydrogen-bond donors (Lipinski definition) is 1. The van der Waals surface area contributed by atoms with E-state index in [0.29, 0.717) is 32.2 Å². The lowest BCUT2D eigenvalue weighted by Crippen LogP contribution is -2.13. The zero-order valence-electron chi connectivity index (χ0n) is 10.5. The third kappa shape index (κ3) is 4.87. The summed E-state index contributed by atoms with van der Waals surface area (Å²) in [6.45, 7) is 1.95. The standard InChI is InChI=1S/C11H14N4O4/c1-18-6-7-19-5-4-13-11-3-2-10(15(16)17)9(8-12)14-11/h2-3H,4-7H2,1H3,(H,13,14). The van der Waals surface area contributed by atoms with E-state index in [2.05, 4.69) is 10.3 Å². The van der Waals surface area contributed by atoms with E-state index in [1.165, 1.54) is 12.1 Å². The number of aromatic nitrogens is 1. The quantitative estimate of drug-likeness (QED) is 0.423. The van der Waals surface area contributed by atoms with Crippen molar-refractivity contribution in [1.29, 1.82) is 5.26 Å². The van der Waals surface area contributed by atoms with Crippen molar-refractivity contribution in [2.45, 2.75) is 0 Å². The van der Waals surface area contributed by atoms with Crippen LogP contribution in [0, 0.1) is 21.4 Å².